The molecular weight excluding hydrogens is 444 g/mol. The maximum absolute atomic E-state index is 3.91. The Hall–Kier alpha value is -3.90. The zero-order chi connectivity index (χ0) is 25.2. The summed E-state index contributed by atoms with van der Waals surface area (Å²) in [5, 5.41) is 5.41. The molecule has 0 amide bonds. The van der Waals surface area contributed by atoms with E-state index in [0.717, 1.165) is 32.1 Å². The maximum Gasteiger partial charge on any atom is -0.000720 e. The van der Waals surface area contributed by atoms with Gasteiger partial charge in [-0.25, -0.2) is 0 Å². The molecule has 0 fully saturated rings. The highest BCUT2D eigenvalue weighted by atomic mass is 14.3. The lowest BCUT2D eigenvalue weighted by Crippen LogP contribution is -2.24. The van der Waals surface area contributed by atoms with E-state index in [4.69, 9.17) is 0 Å². The minimum Gasteiger partial charge on any atom is -0.0801 e. The second-order valence-corrected chi connectivity index (χ2v) is 10.1. The molecule has 0 heteroatoms. The van der Waals surface area contributed by atoms with Crippen LogP contribution < -0.4 is 10.4 Å². The lowest BCUT2D eigenvalue weighted by Gasteiger charge is -2.22. The van der Waals surface area contributed by atoms with Crippen molar-refractivity contribution < 1.29 is 0 Å². The topological polar surface area (TPSA) is 0 Å². The van der Waals surface area contributed by atoms with E-state index in [9.17, 15) is 0 Å². The van der Waals surface area contributed by atoms with Crippen LogP contribution in [0, 0.1) is 10.4 Å². The normalized spacial score (nSPS) is 13.2. The first-order valence-electron chi connectivity index (χ1n) is 13.7. The van der Waals surface area contributed by atoms with Gasteiger partial charge in [0.25, 0.3) is 0 Å². The van der Waals surface area contributed by atoms with Gasteiger partial charge in [0.2, 0.25) is 0 Å². The molecule has 0 nitrogen and oxygen atoms in total. The van der Waals surface area contributed by atoms with Gasteiger partial charge in [0.15, 0.2) is 0 Å². The van der Waals surface area contributed by atoms with E-state index < -0.39 is 0 Å². The molecule has 0 spiro atoms. The second kappa shape index (κ2) is 10.2. The molecular formula is C37H33. The highest BCUT2D eigenvalue weighted by molar-refractivity contribution is 5.88. The van der Waals surface area contributed by atoms with Crippen LogP contribution in [-0.4, -0.2) is 0 Å². The third-order valence-electron chi connectivity index (χ3n) is 7.64. The monoisotopic (exact) mass is 477 g/mol. The van der Waals surface area contributed by atoms with Crippen LogP contribution in [0.5, 0.6) is 0 Å². The van der Waals surface area contributed by atoms with E-state index in [1.165, 1.54) is 65.4 Å². The Morgan fingerprint density at radius 1 is 0.730 bits per heavy atom. The van der Waals surface area contributed by atoms with Crippen molar-refractivity contribution in [3.05, 3.63) is 157 Å². The summed E-state index contributed by atoms with van der Waals surface area (Å²) in [6.07, 6.45) is 16.1. The Kier molecular flexibility index (Phi) is 6.49. The van der Waals surface area contributed by atoms with Crippen molar-refractivity contribution in [1.29, 1.82) is 0 Å². The fraction of sp³-hybridized carbons (Fsp3) is 0.189. The molecule has 181 valence electrons. The van der Waals surface area contributed by atoms with Gasteiger partial charge >= 0.3 is 0 Å². The van der Waals surface area contributed by atoms with Gasteiger partial charge in [-0.2, -0.15) is 0 Å². The SMILES string of the molecule is CCCc1c(CCC)c2c(c(C3=CC=CC3)c1=C(c1ccccc1)c1ccccc1)[C]=c1ccccc1=2. The molecule has 0 saturated carbocycles. The summed E-state index contributed by atoms with van der Waals surface area (Å²) in [5.74, 6) is 0. The van der Waals surface area contributed by atoms with Gasteiger partial charge in [0.05, 0.1) is 0 Å². The molecule has 0 atom stereocenters. The number of allylic oxidation sites excluding steroid dienone is 4. The van der Waals surface area contributed by atoms with Crippen molar-refractivity contribution >= 4 is 17.2 Å². The van der Waals surface area contributed by atoms with E-state index in [-0.39, 0.29) is 0 Å². The Labute approximate surface area is 220 Å². The lowest BCUT2D eigenvalue weighted by atomic mass is 9.81. The minimum atomic E-state index is 0.965. The predicted molar refractivity (Wildman–Crippen MR) is 157 cm³/mol. The zero-order valence-electron chi connectivity index (χ0n) is 21.9. The first-order valence-corrected chi connectivity index (χ1v) is 13.7. The summed E-state index contributed by atoms with van der Waals surface area (Å²) < 4.78 is 0. The predicted octanol–water partition coefficient (Wildman–Crippen LogP) is 7.49. The van der Waals surface area contributed by atoms with E-state index >= 15 is 0 Å². The van der Waals surface area contributed by atoms with Crippen LogP contribution in [0.3, 0.4) is 0 Å². The summed E-state index contributed by atoms with van der Waals surface area (Å²) in [6, 6.07) is 30.9. The minimum absolute atomic E-state index is 0.965. The van der Waals surface area contributed by atoms with Crippen LogP contribution in [0.4, 0.5) is 0 Å². The Balaban J connectivity index is 1.93. The van der Waals surface area contributed by atoms with Gasteiger partial charge in [-0.05, 0) is 90.7 Å². The van der Waals surface area contributed by atoms with Crippen molar-refractivity contribution in [2.45, 2.75) is 46.0 Å². The molecule has 2 aliphatic rings. The third kappa shape index (κ3) is 4.11. The molecule has 2 aliphatic carbocycles. The van der Waals surface area contributed by atoms with Gasteiger partial charge in [-0.3, -0.25) is 0 Å². The van der Waals surface area contributed by atoms with Gasteiger partial charge in [-0.15, -0.1) is 0 Å². The van der Waals surface area contributed by atoms with Crippen molar-refractivity contribution in [2.24, 2.45) is 0 Å². The molecule has 0 unspecified atom stereocenters. The van der Waals surface area contributed by atoms with Crippen molar-refractivity contribution in [3.8, 4) is 0 Å². The van der Waals surface area contributed by atoms with Crippen LogP contribution in [0.2, 0.25) is 0 Å². The molecule has 4 aromatic carbocycles. The first-order chi connectivity index (χ1) is 18.3. The molecule has 0 N–H and O–H groups in total. The number of fused-ring (bicyclic) bond motifs is 2. The zero-order valence-corrected chi connectivity index (χ0v) is 21.9. The van der Waals surface area contributed by atoms with Gasteiger partial charge < -0.3 is 0 Å². The molecule has 4 aromatic rings. The van der Waals surface area contributed by atoms with Crippen LogP contribution in [0.1, 0.15) is 66.5 Å². The summed E-state index contributed by atoms with van der Waals surface area (Å²) in [4.78, 5) is 0. The van der Waals surface area contributed by atoms with E-state index in [1.54, 1.807) is 0 Å². The highest BCUT2D eigenvalue weighted by Gasteiger charge is 2.23. The standard InChI is InChI=1S/C37H33/c1-3-15-31-32(16-4-2)37(34(26-17-7-5-8-18-26)27-19-9-6-10-20-27)35(28-21-11-12-22-28)33-25-29-23-13-14-24-30(29)36(31)33/h5-14,17-21,23-24H,3-4,15-16,22H2,1-2H3. The fourth-order valence-corrected chi connectivity index (χ4v) is 6.17. The molecule has 0 saturated heterocycles. The van der Waals surface area contributed by atoms with Crippen molar-refractivity contribution in [2.75, 3.05) is 0 Å². The van der Waals surface area contributed by atoms with Crippen LogP contribution in [-0.2, 0) is 12.8 Å². The summed E-state index contributed by atoms with van der Waals surface area (Å²) >= 11 is 0. The number of hydrogen-bond donors (Lipinski definition) is 0. The Morgan fingerprint density at radius 3 is 1.97 bits per heavy atom. The number of hydrogen-bond acceptors (Lipinski definition) is 0. The number of benzene rings is 4. The summed E-state index contributed by atoms with van der Waals surface area (Å²) in [7, 11) is 0. The largest absolute Gasteiger partial charge is 0.0801 e. The number of rotatable bonds is 7. The Bertz CT molecular complexity index is 1690. The smallest absolute Gasteiger partial charge is 0.000720 e. The molecule has 1 radical (unpaired) electrons. The lowest BCUT2D eigenvalue weighted by molar-refractivity contribution is 0.848. The molecule has 0 heterocycles. The van der Waals surface area contributed by atoms with E-state index in [0.29, 0.717) is 0 Å². The first kappa shape index (κ1) is 23.5. The van der Waals surface area contributed by atoms with E-state index in [2.05, 4.69) is 123 Å². The Morgan fingerprint density at radius 2 is 1.35 bits per heavy atom. The van der Waals surface area contributed by atoms with Crippen LogP contribution in [0.15, 0.2) is 103 Å². The second-order valence-electron chi connectivity index (χ2n) is 10.1. The fourth-order valence-electron chi connectivity index (χ4n) is 6.17. The van der Waals surface area contributed by atoms with E-state index in [1.807, 2.05) is 0 Å². The molecule has 0 aromatic heterocycles. The molecule has 0 bridgehead atoms. The maximum atomic E-state index is 3.91. The van der Waals surface area contributed by atoms with Gasteiger partial charge in [-0.1, -0.05) is 130 Å². The molecule has 37 heavy (non-hydrogen) atoms. The van der Waals surface area contributed by atoms with Gasteiger partial charge in [0, 0.05) is 0 Å². The van der Waals surface area contributed by atoms with Crippen molar-refractivity contribution in [3.63, 3.8) is 0 Å². The molecule has 6 rings (SSSR count). The highest BCUT2D eigenvalue weighted by Crippen LogP contribution is 2.33. The quantitative estimate of drug-likeness (QED) is 0.228. The van der Waals surface area contributed by atoms with Crippen LogP contribution in [0.25, 0.3) is 17.2 Å². The summed E-state index contributed by atoms with van der Waals surface area (Å²) in [6.45, 7) is 4.63. The van der Waals surface area contributed by atoms with Crippen LogP contribution >= 0.6 is 0 Å². The van der Waals surface area contributed by atoms with Crippen molar-refractivity contribution in [1.82, 2.24) is 0 Å². The summed E-state index contributed by atoms with van der Waals surface area (Å²) in [5.41, 5.74) is 11.0. The molecule has 0 aliphatic heterocycles. The average Bonchev–Trinajstić information content (AvgIpc) is 3.60. The average molecular weight is 478 g/mol. The van der Waals surface area contributed by atoms with Gasteiger partial charge in [0.1, 0.15) is 0 Å². The third-order valence-corrected chi connectivity index (χ3v) is 7.64.